The van der Waals surface area contributed by atoms with Crippen molar-refractivity contribution in [3.8, 4) is 22.8 Å². The summed E-state index contributed by atoms with van der Waals surface area (Å²) in [5, 5.41) is 10.3. The van der Waals surface area contributed by atoms with Crippen LogP contribution in [0.2, 0.25) is 0 Å². The van der Waals surface area contributed by atoms with Crippen LogP contribution in [0, 0.1) is 6.92 Å². The maximum atomic E-state index is 11.8. The fourth-order valence-electron chi connectivity index (χ4n) is 2.88. The molecule has 0 fully saturated rings. The maximum Gasteiger partial charge on any atom is 0.336 e. The molecule has 0 amide bonds. The Hall–Kier alpha value is -2.60. The van der Waals surface area contributed by atoms with Gasteiger partial charge in [0, 0.05) is 10.9 Å². The topological polar surface area (TPSA) is 68.7 Å². The highest BCUT2D eigenvalue weighted by Crippen LogP contribution is 2.40. The highest BCUT2D eigenvalue weighted by atomic mass is 79.9. The molecule has 3 rings (SSSR count). The number of hydrogen-bond donors (Lipinski definition) is 1. The molecule has 3 aromatic rings. The zero-order valence-corrected chi connectivity index (χ0v) is 17.0. The quantitative estimate of drug-likeness (QED) is 0.562. The zero-order valence-electron chi connectivity index (χ0n) is 15.4. The van der Waals surface area contributed by atoms with Gasteiger partial charge in [-0.15, -0.1) is 0 Å². The third-order valence-corrected chi connectivity index (χ3v) is 4.76. The van der Waals surface area contributed by atoms with Crippen molar-refractivity contribution in [3.05, 3.63) is 52.0 Å². The van der Waals surface area contributed by atoms with Gasteiger partial charge in [-0.3, -0.25) is 0 Å². The first-order valence-electron chi connectivity index (χ1n) is 8.60. The van der Waals surface area contributed by atoms with E-state index in [0.717, 1.165) is 22.0 Å². The second-order valence-electron chi connectivity index (χ2n) is 6.22. The first-order chi connectivity index (χ1) is 12.9. The van der Waals surface area contributed by atoms with Gasteiger partial charge in [0.15, 0.2) is 11.5 Å². The Morgan fingerprint density at radius 1 is 1.22 bits per heavy atom. The van der Waals surface area contributed by atoms with Crippen molar-refractivity contribution >= 4 is 32.8 Å². The van der Waals surface area contributed by atoms with Crippen LogP contribution in [0.15, 0.2) is 40.9 Å². The molecule has 2 aromatic carbocycles. The molecule has 27 heavy (non-hydrogen) atoms. The minimum Gasteiger partial charge on any atom is -0.493 e. The molecule has 5 nitrogen and oxygen atoms in total. The van der Waals surface area contributed by atoms with Gasteiger partial charge in [0.1, 0.15) is 0 Å². The number of ether oxygens (including phenoxy) is 2. The molecule has 0 bridgehead atoms. The van der Waals surface area contributed by atoms with Gasteiger partial charge in [-0.05, 0) is 59.6 Å². The van der Waals surface area contributed by atoms with Crippen molar-refractivity contribution in [2.24, 2.45) is 0 Å². The fourth-order valence-corrected chi connectivity index (χ4v) is 3.43. The van der Waals surface area contributed by atoms with Crippen LogP contribution in [0.3, 0.4) is 0 Å². The van der Waals surface area contributed by atoms with Crippen molar-refractivity contribution < 1.29 is 19.4 Å². The first-order valence-corrected chi connectivity index (χ1v) is 9.39. The van der Waals surface area contributed by atoms with Gasteiger partial charge >= 0.3 is 5.97 Å². The molecule has 0 saturated heterocycles. The number of aromatic nitrogens is 1. The van der Waals surface area contributed by atoms with E-state index in [-0.39, 0.29) is 5.56 Å². The number of carboxylic acids is 1. The van der Waals surface area contributed by atoms with Gasteiger partial charge in [0.05, 0.1) is 35.0 Å². The number of aryl methyl sites for hydroxylation is 1. The number of carbonyl (C=O) groups is 1. The van der Waals surface area contributed by atoms with Crippen molar-refractivity contribution in [1.29, 1.82) is 0 Å². The molecule has 0 unspecified atom stereocenters. The highest BCUT2D eigenvalue weighted by molar-refractivity contribution is 9.10. The minimum atomic E-state index is -0.983. The van der Waals surface area contributed by atoms with Crippen molar-refractivity contribution in [3.63, 3.8) is 0 Å². The molecule has 0 spiro atoms. The van der Waals surface area contributed by atoms with E-state index in [0.29, 0.717) is 34.7 Å². The Bertz CT molecular complexity index is 1020. The average molecular weight is 430 g/mol. The smallest absolute Gasteiger partial charge is 0.336 e. The van der Waals surface area contributed by atoms with Gasteiger partial charge in [-0.2, -0.15) is 0 Å². The predicted molar refractivity (Wildman–Crippen MR) is 109 cm³/mol. The predicted octanol–water partition coefficient (Wildman–Crippen LogP) is 5.47. The fraction of sp³-hybridized carbons (Fsp3) is 0.238. The average Bonchev–Trinajstić information content (AvgIpc) is 2.65. The summed E-state index contributed by atoms with van der Waals surface area (Å²) >= 11 is 3.52. The summed E-state index contributed by atoms with van der Waals surface area (Å²) in [4.78, 5) is 16.4. The number of benzene rings is 2. The lowest BCUT2D eigenvalue weighted by molar-refractivity contribution is 0.0699. The third kappa shape index (κ3) is 3.90. The second kappa shape index (κ2) is 7.96. The van der Waals surface area contributed by atoms with Gasteiger partial charge in [0.2, 0.25) is 0 Å². The van der Waals surface area contributed by atoms with E-state index in [4.69, 9.17) is 9.47 Å². The van der Waals surface area contributed by atoms with E-state index in [2.05, 4.69) is 20.9 Å². The molecule has 1 N–H and O–H groups in total. The number of rotatable bonds is 6. The number of halogens is 1. The Labute approximate surface area is 166 Å². The number of fused-ring (bicyclic) bond motifs is 1. The van der Waals surface area contributed by atoms with Crippen LogP contribution in [-0.4, -0.2) is 29.8 Å². The zero-order chi connectivity index (χ0) is 19.6. The van der Waals surface area contributed by atoms with E-state index < -0.39 is 5.97 Å². The molecule has 1 heterocycles. The van der Waals surface area contributed by atoms with E-state index in [1.54, 1.807) is 13.2 Å². The van der Waals surface area contributed by atoms with Crippen molar-refractivity contribution in [2.75, 3.05) is 13.7 Å². The first kappa shape index (κ1) is 19.2. The molecule has 0 aliphatic heterocycles. The van der Waals surface area contributed by atoms with Crippen LogP contribution in [0.4, 0.5) is 0 Å². The van der Waals surface area contributed by atoms with E-state index in [9.17, 15) is 9.90 Å². The number of pyridine rings is 1. The SMILES string of the molecule is CCCOc1c(Br)cc(-c2cc(C(=O)O)c3cc(C)ccc3n2)cc1OC. The number of carboxylic acid groups (broad SMARTS) is 1. The molecule has 0 saturated carbocycles. The molecule has 6 heteroatoms. The molecule has 0 aliphatic carbocycles. The lowest BCUT2D eigenvalue weighted by atomic mass is 10.0. The van der Waals surface area contributed by atoms with Crippen molar-refractivity contribution in [2.45, 2.75) is 20.3 Å². The summed E-state index contributed by atoms with van der Waals surface area (Å²) in [6.45, 7) is 4.53. The summed E-state index contributed by atoms with van der Waals surface area (Å²) in [5.74, 6) is 0.205. The number of hydrogen-bond acceptors (Lipinski definition) is 4. The molecule has 1 aromatic heterocycles. The van der Waals surface area contributed by atoms with Crippen LogP contribution in [0.5, 0.6) is 11.5 Å². The Kier molecular flexibility index (Phi) is 5.65. The van der Waals surface area contributed by atoms with E-state index >= 15 is 0 Å². The number of aromatic carboxylic acids is 1. The summed E-state index contributed by atoms with van der Waals surface area (Å²) < 4.78 is 12.0. The normalized spacial score (nSPS) is 10.8. The molecule has 0 atom stereocenters. The summed E-state index contributed by atoms with van der Waals surface area (Å²) in [6.07, 6.45) is 0.880. The van der Waals surface area contributed by atoms with Gasteiger partial charge in [-0.1, -0.05) is 18.6 Å². The molecule has 0 radical (unpaired) electrons. The minimum absolute atomic E-state index is 0.222. The lowest BCUT2D eigenvalue weighted by Crippen LogP contribution is -2.02. The van der Waals surface area contributed by atoms with Crippen LogP contribution in [0.25, 0.3) is 22.2 Å². The van der Waals surface area contributed by atoms with Gasteiger partial charge in [0.25, 0.3) is 0 Å². The van der Waals surface area contributed by atoms with E-state index in [1.165, 1.54) is 0 Å². The Balaban J connectivity index is 2.19. The largest absolute Gasteiger partial charge is 0.493 e. The molecule has 140 valence electrons. The third-order valence-electron chi connectivity index (χ3n) is 4.17. The van der Waals surface area contributed by atoms with Crippen LogP contribution < -0.4 is 9.47 Å². The van der Waals surface area contributed by atoms with Crippen LogP contribution >= 0.6 is 15.9 Å². The number of methoxy groups -OCH3 is 1. The molecular formula is C21H20BrNO4. The monoisotopic (exact) mass is 429 g/mol. The Morgan fingerprint density at radius 3 is 2.67 bits per heavy atom. The summed E-state index contributed by atoms with van der Waals surface area (Å²) in [6, 6.07) is 10.9. The summed E-state index contributed by atoms with van der Waals surface area (Å²) in [5.41, 5.74) is 3.15. The Morgan fingerprint density at radius 2 is 2.00 bits per heavy atom. The molecule has 0 aliphatic rings. The highest BCUT2D eigenvalue weighted by Gasteiger charge is 2.17. The van der Waals surface area contributed by atoms with Crippen LogP contribution in [-0.2, 0) is 0 Å². The standard InChI is InChI=1S/C21H20BrNO4/c1-4-7-27-20-16(22)9-13(10-19(20)26-3)18-11-15(21(24)25)14-8-12(2)5-6-17(14)23-18/h5-6,8-11H,4,7H2,1-3H3,(H,24,25). The van der Waals surface area contributed by atoms with Gasteiger partial charge in [-0.25, -0.2) is 9.78 Å². The van der Waals surface area contributed by atoms with Crippen molar-refractivity contribution in [1.82, 2.24) is 4.98 Å². The number of nitrogens with zero attached hydrogens (tertiary/aromatic N) is 1. The van der Waals surface area contributed by atoms with Gasteiger partial charge < -0.3 is 14.6 Å². The molecular weight excluding hydrogens is 410 g/mol. The second-order valence-corrected chi connectivity index (χ2v) is 7.07. The lowest BCUT2D eigenvalue weighted by Gasteiger charge is -2.14. The summed E-state index contributed by atoms with van der Waals surface area (Å²) in [7, 11) is 1.57. The maximum absolute atomic E-state index is 11.8. The van der Waals surface area contributed by atoms with Crippen LogP contribution in [0.1, 0.15) is 29.3 Å². The van der Waals surface area contributed by atoms with E-state index in [1.807, 2.05) is 44.2 Å².